The van der Waals surface area contributed by atoms with Crippen LogP contribution in [0.2, 0.25) is 0 Å². The fraction of sp³-hybridized carbons (Fsp3) is 0.188. The van der Waals surface area contributed by atoms with Crippen LogP contribution in [-0.2, 0) is 12.7 Å². The lowest BCUT2D eigenvalue weighted by atomic mass is 10.1. The summed E-state index contributed by atoms with van der Waals surface area (Å²) < 4.78 is 42.4. The number of halogens is 3. The van der Waals surface area contributed by atoms with Crippen LogP contribution in [0.1, 0.15) is 21.5 Å². The maximum atomic E-state index is 12.4. The summed E-state index contributed by atoms with van der Waals surface area (Å²) in [5.74, 6) is 0.234. The zero-order valence-electron chi connectivity index (χ0n) is 11.8. The van der Waals surface area contributed by atoms with E-state index in [1.54, 1.807) is 25.3 Å². The van der Waals surface area contributed by atoms with Crippen molar-refractivity contribution < 1.29 is 22.7 Å². The van der Waals surface area contributed by atoms with Gasteiger partial charge in [-0.1, -0.05) is 12.1 Å². The summed E-state index contributed by atoms with van der Waals surface area (Å²) in [5, 5.41) is 2.65. The van der Waals surface area contributed by atoms with Gasteiger partial charge >= 0.3 is 6.18 Å². The average molecular weight is 309 g/mol. The molecular weight excluding hydrogens is 295 g/mol. The van der Waals surface area contributed by atoms with Crippen LogP contribution in [0.25, 0.3) is 0 Å². The van der Waals surface area contributed by atoms with Crippen LogP contribution in [0.4, 0.5) is 13.2 Å². The van der Waals surface area contributed by atoms with E-state index in [0.29, 0.717) is 5.75 Å². The van der Waals surface area contributed by atoms with E-state index in [4.69, 9.17) is 4.74 Å². The van der Waals surface area contributed by atoms with Crippen molar-refractivity contribution >= 4 is 5.91 Å². The van der Waals surface area contributed by atoms with Crippen LogP contribution < -0.4 is 10.1 Å². The summed E-state index contributed by atoms with van der Waals surface area (Å²) >= 11 is 0. The number of nitrogens with one attached hydrogen (secondary N) is 1. The van der Waals surface area contributed by atoms with Crippen molar-refractivity contribution in [2.75, 3.05) is 7.11 Å². The van der Waals surface area contributed by atoms with Crippen LogP contribution in [0, 0.1) is 0 Å². The van der Waals surface area contributed by atoms with E-state index in [0.717, 1.165) is 29.8 Å². The summed E-state index contributed by atoms with van der Waals surface area (Å²) in [4.78, 5) is 11.9. The Morgan fingerprint density at radius 3 is 2.41 bits per heavy atom. The maximum Gasteiger partial charge on any atom is 0.416 e. The van der Waals surface area contributed by atoms with E-state index in [-0.39, 0.29) is 12.1 Å². The number of methoxy groups -OCH3 is 1. The van der Waals surface area contributed by atoms with Gasteiger partial charge < -0.3 is 10.1 Å². The molecule has 0 aliphatic heterocycles. The van der Waals surface area contributed by atoms with E-state index in [1.807, 2.05) is 6.07 Å². The van der Waals surface area contributed by atoms with Crippen LogP contribution in [-0.4, -0.2) is 13.0 Å². The molecule has 0 spiro atoms. The monoisotopic (exact) mass is 309 g/mol. The first kappa shape index (κ1) is 15.9. The predicted molar refractivity (Wildman–Crippen MR) is 75.6 cm³/mol. The lowest BCUT2D eigenvalue weighted by Gasteiger charge is -2.09. The molecule has 2 aromatic carbocycles. The van der Waals surface area contributed by atoms with Crippen molar-refractivity contribution in [3.63, 3.8) is 0 Å². The molecule has 2 rings (SSSR count). The van der Waals surface area contributed by atoms with Gasteiger partial charge in [0.05, 0.1) is 12.7 Å². The topological polar surface area (TPSA) is 38.3 Å². The molecule has 0 heterocycles. The molecule has 1 amide bonds. The lowest BCUT2D eigenvalue weighted by molar-refractivity contribution is -0.137. The lowest BCUT2D eigenvalue weighted by Crippen LogP contribution is -2.22. The predicted octanol–water partition coefficient (Wildman–Crippen LogP) is 3.64. The highest BCUT2D eigenvalue weighted by atomic mass is 19.4. The molecule has 0 fully saturated rings. The van der Waals surface area contributed by atoms with Gasteiger partial charge in [-0.15, -0.1) is 0 Å². The third-order valence-electron chi connectivity index (χ3n) is 3.06. The zero-order chi connectivity index (χ0) is 16.2. The highest BCUT2D eigenvalue weighted by Crippen LogP contribution is 2.29. The molecule has 0 saturated carbocycles. The molecule has 0 aromatic heterocycles. The molecule has 0 radical (unpaired) electrons. The molecule has 0 bridgehead atoms. The molecule has 116 valence electrons. The number of alkyl halides is 3. The first-order valence-electron chi connectivity index (χ1n) is 6.48. The number of benzene rings is 2. The van der Waals surface area contributed by atoms with Gasteiger partial charge in [-0.2, -0.15) is 13.2 Å². The van der Waals surface area contributed by atoms with Crippen molar-refractivity contribution in [2.45, 2.75) is 12.7 Å². The Morgan fingerprint density at radius 2 is 1.82 bits per heavy atom. The summed E-state index contributed by atoms with van der Waals surface area (Å²) in [5.41, 5.74) is 0.229. The number of ether oxygens (including phenoxy) is 1. The fourth-order valence-electron chi connectivity index (χ4n) is 1.88. The highest BCUT2D eigenvalue weighted by Gasteiger charge is 2.30. The Balaban J connectivity index is 2.00. The Kier molecular flexibility index (Phi) is 4.70. The standard InChI is InChI=1S/C16H14F3NO2/c1-22-14-4-2-3-11(9-14)10-20-15(21)12-5-7-13(8-6-12)16(17,18)19/h2-9H,10H2,1H3,(H,20,21). The SMILES string of the molecule is COc1cccc(CNC(=O)c2ccc(C(F)(F)F)cc2)c1. The second-order valence-electron chi connectivity index (χ2n) is 4.61. The summed E-state index contributed by atoms with van der Waals surface area (Å²) in [7, 11) is 1.54. The largest absolute Gasteiger partial charge is 0.497 e. The fourth-order valence-corrected chi connectivity index (χ4v) is 1.88. The molecule has 3 nitrogen and oxygen atoms in total. The second kappa shape index (κ2) is 6.51. The van der Waals surface area contributed by atoms with Gasteiger partial charge in [0.1, 0.15) is 5.75 Å². The Labute approximate surface area is 125 Å². The summed E-state index contributed by atoms with van der Waals surface area (Å²) in [6.45, 7) is 0.261. The average Bonchev–Trinajstić information content (AvgIpc) is 2.52. The highest BCUT2D eigenvalue weighted by molar-refractivity contribution is 5.94. The first-order valence-corrected chi connectivity index (χ1v) is 6.48. The minimum atomic E-state index is -4.41. The van der Waals surface area contributed by atoms with Crippen LogP contribution >= 0.6 is 0 Å². The van der Waals surface area contributed by atoms with Gasteiger partial charge in [0.2, 0.25) is 0 Å². The second-order valence-corrected chi connectivity index (χ2v) is 4.61. The molecular formula is C16H14F3NO2. The van der Waals surface area contributed by atoms with E-state index in [9.17, 15) is 18.0 Å². The number of hydrogen-bond donors (Lipinski definition) is 1. The molecule has 0 saturated heterocycles. The third-order valence-corrected chi connectivity index (χ3v) is 3.06. The normalized spacial score (nSPS) is 11.1. The number of hydrogen-bond acceptors (Lipinski definition) is 2. The Hall–Kier alpha value is -2.50. The minimum Gasteiger partial charge on any atom is -0.497 e. The van der Waals surface area contributed by atoms with Gasteiger partial charge in [-0.3, -0.25) is 4.79 Å². The molecule has 0 aliphatic rings. The van der Waals surface area contributed by atoms with E-state index in [1.165, 1.54) is 0 Å². The molecule has 0 unspecified atom stereocenters. The minimum absolute atomic E-state index is 0.177. The van der Waals surface area contributed by atoms with Crippen molar-refractivity contribution in [3.8, 4) is 5.75 Å². The first-order chi connectivity index (χ1) is 10.4. The quantitative estimate of drug-likeness (QED) is 0.936. The van der Waals surface area contributed by atoms with Crippen molar-refractivity contribution in [1.82, 2.24) is 5.32 Å². The van der Waals surface area contributed by atoms with E-state index >= 15 is 0 Å². The maximum absolute atomic E-state index is 12.4. The van der Waals surface area contributed by atoms with Gasteiger partial charge in [0, 0.05) is 12.1 Å². The smallest absolute Gasteiger partial charge is 0.416 e. The molecule has 2 aromatic rings. The van der Waals surface area contributed by atoms with Crippen LogP contribution in [0.3, 0.4) is 0 Å². The number of rotatable bonds is 4. The van der Waals surface area contributed by atoms with E-state index in [2.05, 4.69) is 5.32 Å². The number of carbonyl (C=O) groups is 1. The molecule has 0 aliphatic carbocycles. The van der Waals surface area contributed by atoms with E-state index < -0.39 is 17.6 Å². The summed E-state index contributed by atoms with van der Waals surface area (Å²) in [6, 6.07) is 11.2. The zero-order valence-corrected chi connectivity index (χ0v) is 11.8. The molecule has 0 atom stereocenters. The van der Waals surface area contributed by atoms with Gasteiger partial charge in [-0.05, 0) is 42.0 Å². The number of carbonyl (C=O) groups excluding carboxylic acids is 1. The van der Waals surface area contributed by atoms with Crippen molar-refractivity contribution in [3.05, 3.63) is 65.2 Å². The van der Waals surface area contributed by atoms with Crippen molar-refractivity contribution in [1.29, 1.82) is 0 Å². The van der Waals surface area contributed by atoms with Crippen LogP contribution in [0.15, 0.2) is 48.5 Å². The Morgan fingerprint density at radius 1 is 1.14 bits per heavy atom. The van der Waals surface area contributed by atoms with Crippen molar-refractivity contribution in [2.24, 2.45) is 0 Å². The molecule has 1 N–H and O–H groups in total. The van der Waals surface area contributed by atoms with Crippen LogP contribution in [0.5, 0.6) is 5.75 Å². The third kappa shape index (κ3) is 4.00. The van der Waals surface area contributed by atoms with Gasteiger partial charge in [0.25, 0.3) is 5.91 Å². The number of amides is 1. The molecule has 22 heavy (non-hydrogen) atoms. The Bertz CT molecular complexity index is 651. The molecule has 6 heteroatoms. The van der Waals surface area contributed by atoms with Gasteiger partial charge in [-0.25, -0.2) is 0 Å². The summed E-state index contributed by atoms with van der Waals surface area (Å²) in [6.07, 6.45) is -4.41. The van der Waals surface area contributed by atoms with Gasteiger partial charge in [0.15, 0.2) is 0 Å².